The lowest BCUT2D eigenvalue weighted by Gasteiger charge is -2.26. The zero-order valence-electron chi connectivity index (χ0n) is 13.1. The van der Waals surface area contributed by atoms with E-state index in [1.807, 2.05) is 33.9 Å². The van der Waals surface area contributed by atoms with Crippen LogP contribution in [-0.2, 0) is 9.53 Å². The number of thioether (sulfide) groups is 1. The standard InChI is InChI=1S/C15H23N3O2S/c1-5-20-13(19)15(16-4)7-6-12(9-15)21-14-17-10(2)8-11(3)18-14/h8,12,16H,5-7,9H2,1-4H3. The van der Waals surface area contributed by atoms with Gasteiger partial charge in [-0.1, -0.05) is 11.8 Å². The number of hydrogen-bond donors (Lipinski definition) is 1. The number of ether oxygens (including phenoxy) is 1. The van der Waals surface area contributed by atoms with Gasteiger partial charge in [0.05, 0.1) is 6.61 Å². The van der Waals surface area contributed by atoms with Gasteiger partial charge in [-0.15, -0.1) is 0 Å². The fourth-order valence-corrected chi connectivity index (χ4v) is 4.07. The molecule has 0 amide bonds. The number of nitrogens with zero attached hydrogens (tertiary/aromatic N) is 2. The average Bonchev–Trinajstić information content (AvgIpc) is 2.82. The van der Waals surface area contributed by atoms with E-state index in [0.29, 0.717) is 11.9 Å². The Bertz CT molecular complexity index is 503. The predicted molar refractivity (Wildman–Crippen MR) is 83.4 cm³/mol. The van der Waals surface area contributed by atoms with E-state index >= 15 is 0 Å². The quantitative estimate of drug-likeness (QED) is 0.665. The van der Waals surface area contributed by atoms with Gasteiger partial charge in [-0.3, -0.25) is 4.79 Å². The van der Waals surface area contributed by atoms with Crippen molar-refractivity contribution in [1.82, 2.24) is 15.3 Å². The van der Waals surface area contributed by atoms with E-state index in [-0.39, 0.29) is 5.97 Å². The SMILES string of the molecule is CCOC(=O)C1(NC)CCC(Sc2nc(C)cc(C)n2)C1. The number of rotatable bonds is 5. The molecule has 1 N–H and O–H groups in total. The molecule has 0 bridgehead atoms. The Morgan fingerprint density at radius 2 is 2.14 bits per heavy atom. The second kappa shape index (κ2) is 6.75. The minimum Gasteiger partial charge on any atom is -0.465 e. The molecule has 1 aliphatic carbocycles. The van der Waals surface area contributed by atoms with Gasteiger partial charge in [0, 0.05) is 16.6 Å². The molecule has 1 heterocycles. The maximum atomic E-state index is 12.2. The molecular weight excluding hydrogens is 286 g/mol. The maximum Gasteiger partial charge on any atom is 0.326 e. The summed E-state index contributed by atoms with van der Waals surface area (Å²) in [5.74, 6) is -0.142. The Hall–Kier alpha value is -1.14. The van der Waals surface area contributed by atoms with Crippen LogP contribution in [0.15, 0.2) is 11.2 Å². The van der Waals surface area contributed by atoms with Gasteiger partial charge in [0.25, 0.3) is 0 Å². The van der Waals surface area contributed by atoms with Gasteiger partial charge in [-0.05, 0) is 53.1 Å². The van der Waals surface area contributed by atoms with Crippen LogP contribution in [0.4, 0.5) is 0 Å². The van der Waals surface area contributed by atoms with Crippen molar-refractivity contribution in [2.75, 3.05) is 13.7 Å². The first-order valence-corrected chi connectivity index (χ1v) is 8.22. The molecule has 5 nitrogen and oxygen atoms in total. The van der Waals surface area contributed by atoms with E-state index in [0.717, 1.165) is 35.8 Å². The third-order valence-electron chi connectivity index (χ3n) is 3.85. The molecule has 6 heteroatoms. The summed E-state index contributed by atoms with van der Waals surface area (Å²) in [6, 6.07) is 1.97. The van der Waals surface area contributed by atoms with Crippen molar-refractivity contribution >= 4 is 17.7 Å². The molecule has 1 fully saturated rings. The van der Waals surface area contributed by atoms with Crippen LogP contribution in [0.25, 0.3) is 0 Å². The topological polar surface area (TPSA) is 64.1 Å². The minimum atomic E-state index is -0.549. The molecular formula is C15H23N3O2S. The Labute approximate surface area is 130 Å². The number of carbonyl (C=O) groups excluding carboxylic acids is 1. The van der Waals surface area contributed by atoms with Crippen LogP contribution >= 0.6 is 11.8 Å². The summed E-state index contributed by atoms with van der Waals surface area (Å²) < 4.78 is 5.21. The van der Waals surface area contributed by atoms with Crippen LogP contribution in [0, 0.1) is 13.8 Å². The fourth-order valence-electron chi connectivity index (χ4n) is 2.78. The van der Waals surface area contributed by atoms with Gasteiger partial charge in [-0.25, -0.2) is 9.97 Å². The predicted octanol–water partition coefficient (Wildman–Crippen LogP) is 2.26. The molecule has 0 aromatic carbocycles. The monoisotopic (exact) mass is 309 g/mol. The van der Waals surface area contributed by atoms with Crippen LogP contribution in [0.3, 0.4) is 0 Å². The van der Waals surface area contributed by atoms with Gasteiger partial charge in [0.1, 0.15) is 5.54 Å². The Morgan fingerprint density at radius 3 is 2.71 bits per heavy atom. The highest BCUT2D eigenvalue weighted by atomic mass is 32.2. The first-order chi connectivity index (χ1) is 9.99. The van der Waals surface area contributed by atoms with Gasteiger partial charge >= 0.3 is 5.97 Å². The summed E-state index contributed by atoms with van der Waals surface area (Å²) in [4.78, 5) is 21.1. The highest BCUT2D eigenvalue weighted by molar-refractivity contribution is 7.99. The van der Waals surface area contributed by atoms with Crippen LogP contribution in [0.1, 0.15) is 37.6 Å². The Balaban J connectivity index is 2.05. The smallest absolute Gasteiger partial charge is 0.326 e. The van der Waals surface area contributed by atoms with E-state index in [2.05, 4.69) is 15.3 Å². The van der Waals surface area contributed by atoms with Gasteiger partial charge in [0.15, 0.2) is 5.16 Å². The second-order valence-corrected chi connectivity index (χ2v) is 6.74. The average molecular weight is 309 g/mol. The van der Waals surface area contributed by atoms with Crippen molar-refractivity contribution < 1.29 is 9.53 Å². The molecule has 21 heavy (non-hydrogen) atoms. The lowest BCUT2D eigenvalue weighted by molar-refractivity contribution is -0.150. The number of aryl methyl sites for hydroxylation is 2. The van der Waals surface area contributed by atoms with Crippen LogP contribution in [0.5, 0.6) is 0 Å². The Kier molecular flexibility index (Phi) is 5.22. The number of carbonyl (C=O) groups is 1. The maximum absolute atomic E-state index is 12.2. The molecule has 0 spiro atoms. The van der Waals surface area contributed by atoms with Gasteiger partial charge in [-0.2, -0.15) is 0 Å². The van der Waals surface area contributed by atoms with Crippen molar-refractivity contribution in [2.24, 2.45) is 0 Å². The van der Waals surface area contributed by atoms with Gasteiger partial charge in [0.2, 0.25) is 0 Å². The third-order valence-corrected chi connectivity index (χ3v) is 4.98. The largest absolute Gasteiger partial charge is 0.465 e. The van der Waals surface area contributed by atoms with Crippen LogP contribution < -0.4 is 5.32 Å². The summed E-state index contributed by atoms with van der Waals surface area (Å²) in [5.41, 5.74) is 1.41. The Morgan fingerprint density at radius 1 is 1.48 bits per heavy atom. The van der Waals surface area contributed by atoms with E-state index in [4.69, 9.17) is 4.74 Å². The first kappa shape index (κ1) is 16.2. The zero-order chi connectivity index (χ0) is 15.5. The van der Waals surface area contributed by atoms with E-state index < -0.39 is 5.54 Å². The second-order valence-electron chi connectivity index (χ2n) is 5.47. The highest BCUT2D eigenvalue weighted by Gasteiger charge is 2.45. The third kappa shape index (κ3) is 3.74. The number of nitrogens with one attached hydrogen (secondary N) is 1. The fraction of sp³-hybridized carbons (Fsp3) is 0.667. The molecule has 1 aliphatic rings. The number of aromatic nitrogens is 2. The molecule has 1 aromatic rings. The lowest BCUT2D eigenvalue weighted by Crippen LogP contribution is -2.49. The summed E-state index contributed by atoms with van der Waals surface area (Å²) in [7, 11) is 1.83. The molecule has 2 rings (SSSR count). The molecule has 0 saturated heterocycles. The van der Waals surface area contributed by atoms with E-state index in [1.165, 1.54) is 0 Å². The number of likely N-dealkylation sites (N-methyl/N-ethyl adjacent to an activating group) is 1. The van der Waals surface area contributed by atoms with Gasteiger partial charge < -0.3 is 10.1 Å². The lowest BCUT2D eigenvalue weighted by atomic mass is 9.98. The number of hydrogen-bond acceptors (Lipinski definition) is 6. The van der Waals surface area contributed by atoms with E-state index in [9.17, 15) is 4.79 Å². The molecule has 116 valence electrons. The molecule has 1 aromatic heterocycles. The van der Waals surface area contributed by atoms with Crippen molar-refractivity contribution in [3.63, 3.8) is 0 Å². The normalized spacial score (nSPS) is 25.0. The summed E-state index contributed by atoms with van der Waals surface area (Å²) in [6.45, 7) is 6.21. The number of esters is 1. The first-order valence-electron chi connectivity index (χ1n) is 7.34. The van der Waals surface area contributed by atoms with Crippen molar-refractivity contribution in [3.05, 3.63) is 17.5 Å². The zero-order valence-corrected chi connectivity index (χ0v) is 13.9. The molecule has 0 aliphatic heterocycles. The molecule has 0 radical (unpaired) electrons. The van der Waals surface area contributed by atoms with Crippen molar-refractivity contribution in [1.29, 1.82) is 0 Å². The molecule has 2 unspecified atom stereocenters. The summed E-state index contributed by atoms with van der Waals surface area (Å²) in [5, 5.41) is 4.31. The molecule has 1 saturated carbocycles. The summed E-state index contributed by atoms with van der Waals surface area (Å²) >= 11 is 1.66. The van der Waals surface area contributed by atoms with Crippen molar-refractivity contribution in [2.45, 2.75) is 56.0 Å². The summed E-state index contributed by atoms with van der Waals surface area (Å²) in [6.07, 6.45) is 2.51. The molecule has 2 atom stereocenters. The van der Waals surface area contributed by atoms with Crippen LogP contribution in [-0.4, -0.2) is 40.4 Å². The van der Waals surface area contributed by atoms with Crippen LogP contribution in [0.2, 0.25) is 0 Å². The minimum absolute atomic E-state index is 0.142. The highest BCUT2D eigenvalue weighted by Crippen LogP contribution is 2.39. The van der Waals surface area contributed by atoms with Crippen molar-refractivity contribution in [3.8, 4) is 0 Å². The van der Waals surface area contributed by atoms with E-state index in [1.54, 1.807) is 11.8 Å².